The summed E-state index contributed by atoms with van der Waals surface area (Å²) in [4.78, 5) is 11.9. The Kier molecular flexibility index (Phi) is 3.62. The molecule has 0 bridgehead atoms. The van der Waals surface area contributed by atoms with E-state index < -0.39 is 5.69 Å². The summed E-state index contributed by atoms with van der Waals surface area (Å²) in [6, 6.07) is 5.50. The molecule has 0 atom stereocenters. The summed E-state index contributed by atoms with van der Waals surface area (Å²) in [7, 11) is 1.50. The van der Waals surface area contributed by atoms with E-state index in [1.807, 2.05) is 29.5 Å². The van der Waals surface area contributed by atoms with E-state index in [9.17, 15) is 4.79 Å². The monoisotopic (exact) mass is 415 g/mol. The molecule has 0 unspecified atom stereocenters. The van der Waals surface area contributed by atoms with Crippen molar-refractivity contribution in [2.75, 3.05) is 0 Å². The second-order valence-corrected chi connectivity index (χ2v) is 5.56. The quantitative estimate of drug-likeness (QED) is 0.600. The summed E-state index contributed by atoms with van der Waals surface area (Å²) in [5, 5.41) is 11.3. The number of tetrazole rings is 1. The number of halogens is 1. The molecule has 2 heterocycles. The van der Waals surface area contributed by atoms with Crippen molar-refractivity contribution < 1.29 is 10.6 Å². The molecule has 0 amide bonds. The lowest BCUT2D eigenvalue weighted by atomic mass is 10.2. The van der Waals surface area contributed by atoms with Crippen LogP contribution in [-0.4, -0.2) is 24.9 Å². The molecule has 0 aliphatic heterocycles. The fourth-order valence-electron chi connectivity index (χ4n) is 1.82. The van der Waals surface area contributed by atoms with Crippen LogP contribution in [0.3, 0.4) is 0 Å². The van der Waals surface area contributed by atoms with Gasteiger partial charge >= 0.3 is 5.69 Å². The third-order valence-corrected chi connectivity index (χ3v) is 3.87. The highest BCUT2D eigenvalue weighted by molar-refractivity contribution is 14.1. The minimum Gasteiger partial charge on any atom is -0.488 e. The summed E-state index contributed by atoms with van der Waals surface area (Å²) >= 11 is 2.00. The van der Waals surface area contributed by atoms with Crippen LogP contribution >= 0.6 is 22.6 Å². The maximum atomic E-state index is 11.9. The van der Waals surface area contributed by atoms with Crippen molar-refractivity contribution >= 4 is 22.6 Å². The molecule has 114 valence electrons. The van der Waals surface area contributed by atoms with Gasteiger partial charge < -0.3 is 9.26 Å². The number of para-hydroxylation sites is 1. The van der Waals surface area contributed by atoms with Crippen LogP contribution in [0.15, 0.2) is 33.6 Å². The number of aromatic nitrogens is 5. The summed E-state index contributed by atoms with van der Waals surface area (Å²) in [6.07, 6.45) is 0. The van der Waals surface area contributed by atoms with Crippen molar-refractivity contribution in [1.82, 2.24) is 24.9 Å². The van der Waals surface area contributed by atoms with Gasteiger partial charge in [-0.25, -0.2) is 4.79 Å². The van der Waals surface area contributed by atoms with E-state index in [2.05, 4.69) is 15.6 Å². The zero-order valence-corrected chi connectivity index (χ0v) is 13.9. The van der Waals surface area contributed by atoms with Gasteiger partial charge in [-0.1, -0.05) is 23.3 Å². The maximum absolute atomic E-state index is 11.9. The fraction of sp³-hybridized carbons (Fsp3) is 0.231. The van der Waals surface area contributed by atoms with Gasteiger partial charge in [0.15, 0.2) is 3.70 Å². The first-order chi connectivity index (χ1) is 11.0. The van der Waals surface area contributed by atoms with E-state index in [1.165, 1.54) is 7.05 Å². The maximum Gasteiger partial charge on any atom is 0.370 e. The van der Waals surface area contributed by atoms with Gasteiger partial charge in [-0.15, -0.1) is 4.68 Å². The Balaban J connectivity index is 1.90. The smallest absolute Gasteiger partial charge is 0.370 e. The highest BCUT2D eigenvalue weighted by Crippen LogP contribution is 2.23. The Hall–Kier alpha value is -2.17. The standard InChI is InChI=1S/C13H12IN5O3/c1-8-5-3-4-6-10(8)21-7-9-11(14)15-22-12(9)19-13(20)18(2)16-17-19/h3-6H,7H2,1-2H3/i3T. The van der Waals surface area contributed by atoms with Crippen molar-refractivity contribution in [2.24, 2.45) is 7.05 Å². The van der Waals surface area contributed by atoms with Crippen LogP contribution < -0.4 is 10.4 Å². The van der Waals surface area contributed by atoms with Crippen LogP contribution in [0.25, 0.3) is 5.88 Å². The minimum atomic E-state index is -0.437. The topological polar surface area (TPSA) is 88.0 Å². The molecule has 0 aliphatic carbocycles. The average molecular weight is 415 g/mol. The number of ether oxygens (including phenoxy) is 1. The van der Waals surface area contributed by atoms with E-state index in [0.717, 1.165) is 14.9 Å². The Morgan fingerprint density at radius 1 is 1.45 bits per heavy atom. The van der Waals surface area contributed by atoms with Crippen LogP contribution in [-0.2, 0) is 13.7 Å². The average Bonchev–Trinajstić information content (AvgIpc) is 3.02. The third-order valence-electron chi connectivity index (χ3n) is 3.02. The zero-order valence-electron chi connectivity index (χ0n) is 12.8. The van der Waals surface area contributed by atoms with Crippen LogP contribution in [0, 0.1) is 10.6 Å². The molecule has 0 spiro atoms. The molecule has 3 rings (SSSR count). The van der Waals surface area contributed by atoms with Gasteiger partial charge in [0.1, 0.15) is 12.4 Å². The van der Waals surface area contributed by atoms with Gasteiger partial charge in [-0.2, -0.15) is 4.68 Å². The molecule has 0 radical (unpaired) electrons. The van der Waals surface area contributed by atoms with Gasteiger partial charge in [-0.3, -0.25) is 0 Å². The van der Waals surface area contributed by atoms with E-state index in [0.29, 0.717) is 21.1 Å². The lowest BCUT2D eigenvalue weighted by molar-refractivity contribution is 0.300. The molecule has 0 saturated carbocycles. The molecule has 8 nitrogen and oxygen atoms in total. The molecule has 2 aromatic heterocycles. The molecule has 3 aromatic rings. The van der Waals surface area contributed by atoms with Crippen molar-refractivity contribution in [2.45, 2.75) is 13.5 Å². The zero-order chi connectivity index (χ0) is 16.6. The normalized spacial score (nSPS) is 11.5. The number of rotatable bonds is 4. The first-order valence-electron chi connectivity index (χ1n) is 6.81. The first-order valence-corrected chi connectivity index (χ1v) is 7.38. The Bertz CT molecular complexity index is 917. The molecule has 0 fully saturated rings. The van der Waals surface area contributed by atoms with Gasteiger partial charge in [-0.05, 0) is 51.6 Å². The van der Waals surface area contributed by atoms with Crippen LogP contribution in [0.4, 0.5) is 0 Å². The second kappa shape index (κ2) is 5.91. The number of aryl methyl sites for hydroxylation is 2. The second-order valence-electron chi connectivity index (χ2n) is 4.53. The Labute approximate surface area is 140 Å². The minimum absolute atomic E-state index is 0.151. The number of hydrogen-bond donors (Lipinski definition) is 0. The van der Waals surface area contributed by atoms with E-state index in [-0.39, 0.29) is 12.5 Å². The summed E-state index contributed by atoms with van der Waals surface area (Å²) in [6.45, 7) is 2.01. The summed E-state index contributed by atoms with van der Waals surface area (Å²) in [5.74, 6) is 0.831. The van der Waals surface area contributed by atoms with Gasteiger partial charge in [0.05, 0.1) is 6.93 Å². The third kappa shape index (κ3) is 2.63. The lowest BCUT2D eigenvalue weighted by Crippen LogP contribution is -2.22. The van der Waals surface area contributed by atoms with Crippen LogP contribution in [0.2, 0.25) is 0 Å². The van der Waals surface area contributed by atoms with Crippen molar-refractivity contribution in [3.8, 4) is 11.6 Å². The molecular formula is C13H12IN5O3. The van der Waals surface area contributed by atoms with Crippen molar-refractivity contribution in [3.05, 3.63) is 49.6 Å². The highest BCUT2D eigenvalue weighted by atomic mass is 127. The summed E-state index contributed by atoms with van der Waals surface area (Å²) < 4.78 is 21.2. The highest BCUT2D eigenvalue weighted by Gasteiger charge is 2.20. The van der Waals surface area contributed by atoms with E-state index in [1.54, 1.807) is 18.2 Å². The molecule has 0 saturated heterocycles. The van der Waals surface area contributed by atoms with Crippen molar-refractivity contribution in [1.29, 1.82) is 0 Å². The Morgan fingerprint density at radius 3 is 2.95 bits per heavy atom. The summed E-state index contributed by atoms with van der Waals surface area (Å²) in [5.41, 5.74) is 1.01. The first kappa shape index (κ1) is 13.5. The van der Waals surface area contributed by atoms with Crippen molar-refractivity contribution in [3.63, 3.8) is 0 Å². The van der Waals surface area contributed by atoms with Gasteiger partial charge in [0.2, 0.25) is 0 Å². The molecule has 9 heteroatoms. The molecule has 1 aromatic carbocycles. The molecular weight excluding hydrogens is 401 g/mol. The number of benzene rings is 1. The predicted octanol–water partition coefficient (Wildman–Crippen LogP) is 1.45. The lowest BCUT2D eigenvalue weighted by Gasteiger charge is -2.08. The van der Waals surface area contributed by atoms with Gasteiger partial charge in [0.25, 0.3) is 5.88 Å². The van der Waals surface area contributed by atoms with Crippen LogP contribution in [0.5, 0.6) is 5.75 Å². The fourth-order valence-corrected chi connectivity index (χ4v) is 2.31. The van der Waals surface area contributed by atoms with E-state index in [4.69, 9.17) is 10.6 Å². The largest absolute Gasteiger partial charge is 0.488 e. The molecule has 0 N–H and O–H groups in total. The van der Waals surface area contributed by atoms with Crippen LogP contribution in [0.1, 0.15) is 12.5 Å². The van der Waals surface area contributed by atoms with Gasteiger partial charge in [0, 0.05) is 7.05 Å². The van der Waals surface area contributed by atoms with E-state index >= 15 is 0 Å². The number of hydrogen-bond acceptors (Lipinski definition) is 6. The molecule has 22 heavy (non-hydrogen) atoms. The molecule has 0 aliphatic rings. The predicted molar refractivity (Wildman–Crippen MR) is 84.9 cm³/mol. The SMILES string of the molecule is [3H]c1ccc(OCc2c(I)noc2-n2nnn(C)c2=O)c(C)c1. The number of nitrogens with zero attached hydrogens (tertiary/aromatic N) is 5. The Morgan fingerprint density at radius 2 is 2.27 bits per heavy atom.